The third-order valence-electron chi connectivity index (χ3n) is 6.11. The highest BCUT2D eigenvalue weighted by Crippen LogP contribution is 2.35. The Bertz CT molecular complexity index is 1070. The van der Waals surface area contributed by atoms with E-state index in [0.29, 0.717) is 28.8 Å². The fourth-order valence-corrected chi connectivity index (χ4v) is 4.19. The molecule has 1 saturated heterocycles. The third-order valence-corrected chi connectivity index (χ3v) is 6.11. The van der Waals surface area contributed by atoms with Crippen molar-refractivity contribution in [3.05, 3.63) is 60.3 Å². The van der Waals surface area contributed by atoms with Crippen LogP contribution in [0.2, 0.25) is 0 Å². The SMILES string of the molecule is COc1ccc(-c2nn(-c3ccccc3)cc2C(=O)N2CCC(N(C)C)CC2)c(OC)c1. The highest BCUT2D eigenvalue weighted by molar-refractivity contribution is 6.00. The third kappa shape index (κ3) is 4.34. The summed E-state index contributed by atoms with van der Waals surface area (Å²) in [6.07, 6.45) is 3.76. The number of piperidine rings is 1. The molecule has 0 radical (unpaired) electrons. The van der Waals surface area contributed by atoms with Gasteiger partial charge in [0.25, 0.3) is 5.91 Å². The van der Waals surface area contributed by atoms with Gasteiger partial charge in [-0.15, -0.1) is 0 Å². The Labute approximate surface area is 189 Å². The molecular formula is C25H30N4O3. The van der Waals surface area contributed by atoms with Crippen molar-refractivity contribution in [1.29, 1.82) is 0 Å². The van der Waals surface area contributed by atoms with Crippen LogP contribution in [0.3, 0.4) is 0 Å². The zero-order valence-electron chi connectivity index (χ0n) is 19.1. The van der Waals surface area contributed by atoms with Crippen LogP contribution in [-0.4, -0.2) is 72.9 Å². The van der Waals surface area contributed by atoms with Crippen molar-refractivity contribution in [3.63, 3.8) is 0 Å². The van der Waals surface area contributed by atoms with Crippen molar-refractivity contribution >= 4 is 5.91 Å². The number of hydrogen-bond acceptors (Lipinski definition) is 5. The highest BCUT2D eigenvalue weighted by Gasteiger charge is 2.29. The molecule has 7 heteroatoms. The van der Waals surface area contributed by atoms with E-state index in [1.807, 2.05) is 59.6 Å². The normalized spacial score (nSPS) is 14.6. The van der Waals surface area contributed by atoms with E-state index >= 15 is 0 Å². The average molecular weight is 435 g/mol. The first-order valence-electron chi connectivity index (χ1n) is 10.8. The Kier molecular flexibility index (Phi) is 6.46. The molecule has 32 heavy (non-hydrogen) atoms. The molecule has 1 aromatic heterocycles. The number of rotatable bonds is 6. The largest absolute Gasteiger partial charge is 0.497 e. The number of methoxy groups -OCH3 is 2. The van der Waals surface area contributed by atoms with Gasteiger partial charge in [-0.25, -0.2) is 4.68 Å². The average Bonchev–Trinajstić information content (AvgIpc) is 3.29. The van der Waals surface area contributed by atoms with Crippen molar-refractivity contribution < 1.29 is 14.3 Å². The quantitative estimate of drug-likeness (QED) is 0.592. The van der Waals surface area contributed by atoms with Gasteiger partial charge in [0.05, 0.1) is 25.5 Å². The number of nitrogens with zero attached hydrogens (tertiary/aromatic N) is 4. The molecule has 2 aromatic carbocycles. The minimum absolute atomic E-state index is 0.00254. The van der Waals surface area contributed by atoms with Gasteiger partial charge in [-0.05, 0) is 51.2 Å². The van der Waals surface area contributed by atoms with Gasteiger partial charge in [0.2, 0.25) is 0 Å². The number of hydrogen-bond donors (Lipinski definition) is 0. The van der Waals surface area contributed by atoms with Gasteiger partial charge in [0.15, 0.2) is 0 Å². The molecule has 2 heterocycles. The smallest absolute Gasteiger partial charge is 0.257 e. The zero-order valence-corrected chi connectivity index (χ0v) is 19.1. The van der Waals surface area contributed by atoms with E-state index in [4.69, 9.17) is 14.6 Å². The van der Waals surface area contributed by atoms with Gasteiger partial charge in [-0.3, -0.25) is 4.79 Å². The summed E-state index contributed by atoms with van der Waals surface area (Å²) in [5.41, 5.74) is 2.83. The van der Waals surface area contributed by atoms with Crippen molar-refractivity contribution in [2.45, 2.75) is 18.9 Å². The van der Waals surface area contributed by atoms with E-state index in [1.165, 1.54) is 0 Å². The van der Waals surface area contributed by atoms with Crippen molar-refractivity contribution in [2.75, 3.05) is 41.4 Å². The lowest BCUT2D eigenvalue weighted by atomic mass is 10.0. The highest BCUT2D eigenvalue weighted by atomic mass is 16.5. The van der Waals surface area contributed by atoms with Crippen LogP contribution in [0.5, 0.6) is 11.5 Å². The molecule has 1 aliphatic rings. The predicted octanol–water partition coefficient (Wildman–Crippen LogP) is 3.72. The number of benzene rings is 2. The molecule has 0 saturated carbocycles. The first-order chi connectivity index (χ1) is 15.5. The summed E-state index contributed by atoms with van der Waals surface area (Å²) in [6, 6.07) is 15.9. The standard InChI is InChI=1S/C25H30N4O3/c1-27(2)18-12-14-28(15-13-18)25(30)22-17-29(19-8-6-5-7-9-19)26-24(22)21-11-10-20(31-3)16-23(21)32-4/h5-11,16-18H,12-15H2,1-4H3. The van der Waals surface area contributed by atoms with Gasteiger partial charge >= 0.3 is 0 Å². The van der Waals surface area contributed by atoms with Crippen LogP contribution in [0.1, 0.15) is 23.2 Å². The first-order valence-corrected chi connectivity index (χ1v) is 10.8. The second-order valence-electron chi connectivity index (χ2n) is 8.22. The lowest BCUT2D eigenvalue weighted by Crippen LogP contribution is -2.44. The zero-order chi connectivity index (χ0) is 22.7. The molecule has 3 aromatic rings. The first kappa shape index (κ1) is 21.9. The fourth-order valence-electron chi connectivity index (χ4n) is 4.19. The molecule has 0 bridgehead atoms. The van der Waals surface area contributed by atoms with Gasteiger partial charge in [-0.2, -0.15) is 5.10 Å². The maximum atomic E-state index is 13.6. The van der Waals surface area contributed by atoms with Crippen LogP contribution in [0, 0.1) is 0 Å². The summed E-state index contributed by atoms with van der Waals surface area (Å²) >= 11 is 0. The number of likely N-dealkylation sites (tertiary alicyclic amines) is 1. The Morgan fingerprint density at radius 1 is 1.03 bits per heavy atom. The number of amides is 1. The van der Waals surface area contributed by atoms with E-state index in [9.17, 15) is 4.79 Å². The Morgan fingerprint density at radius 3 is 2.38 bits per heavy atom. The van der Waals surface area contributed by atoms with Crippen LogP contribution < -0.4 is 9.47 Å². The lowest BCUT2D eigenvalue weighted by molar-refractivity contribution is 0.0664. The monoisotopic (exact) mass is 434 g/mol. The molecule has 4 rings (SSSR count). The summed E-state index contributed by atoms with van der Waals surface area (Å²) in [5, 5.41) is 4.81. The molecule has 0 unspecified atom stereocenters. The van der Waals surface area contributed by atoms with Crippen LogP contribution in [-0.2, 0) is 0 Å². The van der Waals surface area contributed by atoms with Crippen LogP contribution >= 0.6 is 0 Å². The van der Waals surface area contributed by atoms with Crippen molar-refractivity contribution in [2.24, 2.45) is 0 Å². The lowest BCUT2D eigenvalue weighted by Gasteiger charge is -2.35. The van der Waals surface area contributed by atoms with Crippen LogP contribution in [0.4, 0.5) is 0 Å². The molecular weight excluding hydrogens is 404 g/mol. The van der Waals surface area contributed by atoms with E-state index in [0.717, 1.165) is 37.2 Å². The molecule has 0 N–H and O–H groups in total. The number of carbonyl (C=O) groups excluding carboxylic acids is 1. The van der Waals surface area contributed by atoms with Gasteiger partial charge in [-0.1, -0.05) is 18.2 Å². The van der Waals surface area contributed by atoms with Gasteiger partial charge in [0, 0.05) is 37.0 Å². The maximum Gasteiger partial charge on any atom is 0.257 e. The molecule has 1 aliphatic heterocycles. The Balaban J connectivity index is 1.75. The van der Waals surface area contributed by atoms with E-state index in [-0.39, 0.29) is 5.91 Å². The van der Waals surface area contributed by atoms with Crippen LogP contribution in [0.25, 0.3) is 16.9 Å². The van der Waals surface area contributed by atoms with Crippen LogP contribution in [0.15, 0.2) is 54.7 Å². The Hall–Kier alpha value is -3.32. The van der Waals surface area contributed by atoms with E-state index in [2.05, 4.69) is 19.0 Å². The second-order valence-corrected chi connectivity index (χ2v) is 8.22. The summed E-state index contributed by atoms with van der Waals surface area (Å²) in [4.78, 5) is 17.8. The number of ether oxygens (including phenoxy) is 2. The summed E-state index contributed by atoms with van der Waals surface area (Å²) in [5.74, 6) is 1.30. The van der Waals surface area contributed by atoms with Gasteiger partial charge < -0.3 is 19.3 Å². The van der Waals surface area contributed by atoms with Crippen molar-refractivity contribution in [3.8, 4) is 28.4 Å². The molecule has 1 fully saturated rings. The Morgan fingerprint density at radius 2 is 1.75 bits per heavy atom. The minimum Gasteiger partial charge on any atom is -0.497 e. The summed E-state index contributed by atoms with van der Waals surface area (Å²) in [7, 11) is 7.42. The summed E-state index contributed by atoms with van der Waals surface area (Å²) in [6.45, 7) is 1.47. The van der Waals surface area contributed by atoms with E-state index in [1.54, 1.807) is 18.9 Å². The number of aromatic nitrogens is 2. The number of carbonyl (C=O) groups is 1. The topological polar surface area (TPSA) is 59.8 Å². The van der Waals surface area contributed by atoms with Gasteiger partial charge in [0.1, 0.15) is 17.2 Å². The minimum atomic E-state index is -0.00254. The molecule has 7 nitrogen and oxygen atoms in total. The molecule has 0 spiro atoms. The number of para-hydroxylation sites is 1. The molecule has 0 aliphatic carbocycles. The van der Waals surface area contributed by atoms with Crippen molar-refractivity contribution in [1.82, 2.24) is 19.6 Å². The summed E-state index contributed by atoms with van der Waals surface area (Å²) < 4.78 is 12.7. The molecule has 1 amide bonds. The maximum absolute atomic E-state index is 13.6. The predicted molar refractivity (Wildman–Crippen MR) is 125 cm³/mol. The fraction of sp³-hybridized carbons (Fsp3) is 0.360. The molecule has 0 atom stereocenters. The molecule has 168 valence electrons. The van der Waals surface area contributed by atoms with E-state index < -0.39 is 0 Å². The second kappa shape index (κ2) is 9.44.